The van der Waals surface area contributed by atoms with Crippen LogP contribution in [0.1, 0.15) is 25.0 Å². The first-order valence-corrected chi connectivity index (χ1v) is 17.8. The molecule has 6 heteroatoms. The molecule has 0 spiro atoms. The summed E-state index contributed by atoms with van der Waals surface area (Å²) in [6, 6.07) is 47.8. The van der Waals surface area contributed by atoms with E-state index in [0.717, 1.165) is 71.8 Å². The molecule has 0 bridgehead atoms. The summed E-state index contributed by atoms with van der Waals surface area (Å²) in [5.41, 5.74) is 12.6. The van der Waals surface area contributed by atoms with Crippen LogP contribution in [0.3, 0.4) is 0 Å². The van der Waals surface area contributed by atoms with Crippen molar-refractivity contribution >= 4 is 43.9 Å². The van der Waals surface area contributed by atoms with E-state index < -0.39 is 0 Å². The van der Waals surface area contributed by atoms with E-state index in [9.17, 15) is 0 Å². The minimum absolute atomic E-state index is 0.144. The smallest absolute Gasteiger partial charge is 0.166 e. The van der Waals surface area contributed by atoms with Gasteiger partial charge >= 0.3 is 0 Å². The summed E-state index contributed by atoms with van der Waals surface area (Å²) in [6.45, 7) is 4.59. The van der Waals surface area contributed by atoms with Crippen LogP contribution in [0.4, 0.5) is 0 Å². The Morgan fingerprint density at radius 3 is 1.62 bits per heavy atom. The molecule has 6 aromatic carbocycles. The van der Waals surface area contributed by atoms with Crippen LogP contribution in [0, 0.1) is 0 Å². The van der Waals surface area contributed by atoms with Crippen LogP contribution in [0.25, 0.3) is 100 Å². The standard InChI is InChI=1S/C47H30N4O2/c1-47(2)37-14-6-3-10-30(37)31-20-17-27(24-38(31)47)43-36(13-9-23-48-43)46-50-44(28-18-21-34-32-11-4-7-15-39(32)52-41(34)25-28)49-45(51-46)29-19-22-35-33-12-5-8-16-40(33)53-42(35)26-29/h3-26H,1-2H3. The lowest BCUT2D eigenvalue weighted by Gasteiger charge is -2.22. The van der Waals surface area contributed by atoms with Gasteiger partial charge in [0.25, 0.3) is 0 Å². The summed E-state index contributed by atoms with van der Waals surface area (Å²) < 4.78 is 12.6. The molecule has 0 unspecified atom stereocenters. The monoisotopic (exact) mass is 682 g/mol. The number of nitrogens with zero attached hydrogens (tertiary/aromatic N) is 4. The predicted molar refractivity (Wildman–Crippen MR) is 211 cm³/mol. The molecule has 250 valence electrons. The summed E-state index contributed by atoms with van der Waals surface area (Å²) in [4.78, 5) is 20.3. The Morgan fingerprint density at radius 1 is 0.415 bits per heavy atom. The van der Waals surface area contributed by atoms with Crippen LogP contribution in [0.2, 0.25) is 0 Å². The van der Waals surface area contributed by atoms with E-state index in [1.165, 1.54) is 22.3 Å². The zero-order valence-electron chi connectivity index (χ0n) is 29.0. The van der Waals surface area contributed by atoms with Gasteiger partial charge in [-0.25, -0.2) is 15.0 Å². The Morgan fingerprint density at radius 2 is 0.943 bits per heavy atom. The summed E-state index contributed by atoms with van der Waals surface area (Å²) in [7, 11) is 0. The molecule has 0 amide bonds. The average molecular weight is 683 g/mol. The minimum atomic E-state index is -0.144. The Kier molecular flexibility index (Phi) is 6.20. The van der Waals surface area contributed by atoms with Crippen molar-refractivity contribution in [2.24, 2.45) is 0 Å². The molecular weight excluding hydrogens is 653 g/mol. The molecular formula is C47H30N4O2. The van der Waals surface area contributed by atoms with Gasteiger partial charge in [-0.2, -0.15) is 0 Å². The zero-order chi connectivity index (χ0) is 35.3. The zero-order valence-corrected chi connectivity index (χ0v) is 29.0. The maximum absolute atomic E-state index is 6.28. The van der Waals surface area contributed by atoms with Gasteiger partial charge < -0.3 is 8.83 Å². The fourth-order valence-corrected chi connectivity index (χ4v) is 8.15. The molecule has 0 radical (unpaired) electrons. The van der Waals surface area contributed by atoms with Gasteiger partial charge in [0, 0.05) is 55.4 Å². The molecule has 0 fully saturated rings. The van der Waals surface area contributed by atoms with Crippen molar-refractivity contribution in [3.05, 3.63) is 157 Å². The third-order valence-corrected chi connectivity index (χ3v) is 10.8. The van der Waals surface area contributed by atoms with Gasteiger partial charge in [-0.05, 0) is 76.9 Å². The molecule has 6 nitrogen and oxygen atoms in total. The van der Waals surface area contributed by atoms with Crippen LogP contribution in [0.15, 0.2) is 155 Å². The number of furan rings is 2. The lowest BCUT2D eigenvalue weighted by Crippen LogP contribution is -2.15. The van der Waals surface area contributed by atoms with Gasteiger partial charge in [-0.15, -0.1) is 0 Å². The minimum Gasteiger partial charge on any atom is -0.456 e. The topological polar surface area (TPSA) is 77.8 Å². The van der Waals surface area contributed by atoms with Crippen molar-refractivity contribution in [2.45, 2.75) is 19.3 Å². The highest BCUT2D eigenvalue weighted by atomic mass is 16.3. The van der Waals surface area contributed by atoms with Crippen molar-refractivity contribution in [3.63, 3.8) is 0 Å². The summed E-state index contributed by atoms with van der Waals surface area (Å²) in [5, 5.41) is 4.24. The molecule has 4 heterocycles. The van der Waals surface area contributed by atoms with Crippen LogP contribution in [-0.4, -0.2) is 19.9 Å². The second-order valence-electron chi connectivity index (χ2n) is 14.3. The van der Waals surface area contributed by atoms with E-state index in [0.29, 0.717) is 17.5 Å². The van der Waals surface area contributed by atoms with Crippen LogP contribution >= 0.6 is 0 Å². The third-order valence-electron chi connectivity index (χ3n) is 10.8. The molecule has 0 saturated carbocycles. The number of aromatic nitrogens is 4. The average Bonchev–Trinajstić information content (AvgIpc) is 3.84. The van der Waals surface area contributed by atoms with Gasteiger partial charge in [0.15, 0.2) is 17.5 Å². The van der Waals surface area contributed by atoms with Gasteiger partial charge in [0.2, 0.25) is 0 Å². The quantitative estimate of drug-likeness (QED) is 0.184. The molecule has 0 aliphatic heterocycles. The molecule has 53 heavy (non-hydrogen) atoms. The van der Waals surface area contributed by atoms with E-state index in [-0.39, 0.29) is 5.41 Å². The lowest BCUT2D eigenvalue weighted by atomic mass is 9.81. The van der Waals surface area contributed by atoms with Crippen LogP contribution in [0.5, 0.6) is 0 Å². The molecule has 10 aromatic rings. The highest BCUT2D eigenvalue weighted by Gasteiger charge is 2.35. The molecule has 0 saturated heterocycles. The van der Waals surface area contributed by atoms with E-state index in [4.69, 9.17) is 28.8 Å². The second-order valence-corrected chi connectivity index (χ2v) is 14.3. The van der Waals surface area contributed by atoms with Crippen molar-refractivity contribution in [1.82, 2.24) is 19.9 Å². The fourth-order valence-electron chi connectivity index (χ4n) is 8.15. The first-order valence-electron chi connectivity index (χ1n) is 17.8. The summed E-state index contributed by atoms with van der Waals surface area (Å²) >= 11 is 0. The van der Waals surface area contributed by atoms with Gasteiger partial charge in [0.1, 0.15) is 22.3 Å². The fraction of sp³-hybridized carbons (Fsp3) is 0.0638. The van der Waals surface area contributed by atoms with E-state index in [1.54, 1.807) is 0 Å². The number of para-hydroxylation sites is 2. The van der Waals surface area contributed by atoms with E-state index >= 15 is 0 Å². The maximum Gasteiger partial charge on any atom is 0.166 e. The summed E-state index contributed by atoms with van der Waals surface area (Å²) in [6.07, 6.45) is 1.83. The predicted octanol–water partition coefficient (Wildman–Crippen LogP) is 12.0. The van der Waals surface area contributed by atoms with Crippen molar-refractivity contribution in [1.29, 1.82) is 0 Å². The molecule has 1 aliphatic carbocycles. The molecule has 0 atom stereocenters. The number of benzene rings is 6. The highest BCUT2D eigenvalue weighted by Crippen LogP contribution is 2.50. The Hall–Kier alpha value is -6.92. The van der Waals surface area contributed by atoms with Gasteiger partial charge in [0.05, 0.1) is 5.69 Å². The number of rotatable bonds is 4. The second kappa shape index (κ2) is 11.0. The molecule has 0 N–H and O–H groups in total. The SMILES string of the molecule is CC1(C)c2ccccc2-c2ccc(-c3ncccc3-c3nc(-c4ccc5c(c4)oc4ccccc45)nc(-c4ccc5c(c4)oc4ccccc45)n3)cc21. The number of fused-ring (bicyclic) bond motifs is 9. The van der Waals surface area contributed by atoms with Crippen molar-refractivity contribution in [2.75, 3.05) is 0 Å². The molecule has 4 aromatic heterocycles. The summed E-state index contributed by atoms with van der Waals surface area (Å²) in [5.74, 6) is 1.61. The largest absolute Gasteiger partial charge is 0.456 e. The normalized spacial score (nSPS) is 13.2. The first kappa shape index (κ1) is 29.8. The first-order chi connectivity index (χ1) is 26.0. The van der Waals surface area contributed by atoms with E-state index in [2.05, 4.69) is 92.7 Å². The van der Waals surface area contributed by atoms with Gasteiger partial charge in [-0.1, -0.05) is 98.8 Å². The lowest BCUT2D eigenvalue weighted by molar-refractivity contribution is 0.660. The van der Waals surface area contributed by atoms with Crippen LogP contribution < -0.4 is 0 Å². The van der Waals surface area contributed by atoms with Crippen molar-refractivity contribution < 1.29 is 8.83 Å². The Labute approximate surface area is 304 Å². The third kappa shape index (κ3) is 4.52. The van der Waals surface area contributed by atoms with Crippen molar-refractivity contribution in [3.8, 4) is 56.5 Å². The van der Waals surface area contributed by atoms with Crippen LogP contribution in [-0.2, 0) is 5.41 Å². The molecule has 11 rings (SSSR count). The van der Waals surface area contributed by atoms with E-state index in [1.807, 2.05) is 66.9 Å². The Bertz CT molecular complexity index is 2980. The maximum atomic E-state index is 6.28. The molecule has 1 aliphatic rings. The number of pyridine rings is 1. The highest BCUT2D eigenvalue weighted by molar-refractivity contribution is 6.06. The Balaban J connectivity index is 1.10. The van der Waals surface area contributed by atoms with Gasteiger partial charge in [-0.3, -0.25) is 4.98 Å². The number of hydrogen-bond acceptors (Lipinski definition) is 6. The number of hydrogen-bond donors (Lipinski definition) is 0.